The average Bonchev–Trinajstić information content (AvgIpc) is 3.10. The molecule has 2 aliphatic heterocycles. The third kappa shape index (κ3) is 2.55. The van der Waals surface area contributed by atoms with Crippen LogP contribution in [-0.2, 0) is 5.41 Å². The lowest BCUT2D eigenvalue weighted by molar-refractivity contribution is -0.384. The van der Waals surface area contributed by atoms with Crippen LogP contribution in [-0.4, -0.2) is 17.7 Å². The lowest BCUT2D eigenvalue weighted by atomic mass is 9.63. The molecule has 6 rings (SSSR count). The summed E-state index contributed by atoms with van der Waals surface area (Å²) in [7, 11) is 2.05. The molecule has 5 heteroatoms. The molecule has 0 aliphatic carbocycles. The van der Waals surface area contributed by atoms with Crippen LogP contribution in [0.15, 0.2) is 109 Å². The minimum absolute atomic E-state index is 0.0448. The second kappa shape index (κ2) is 7.32. The molecule has 1 atom stereocenters. The number of benzene rings is 4. The lowest BCUT2D eigenvalue weighted by Crippen LogP contribution is -2.61. The zero-order valence-electron chi connectivity index (χ0n) is 18.6. The normalized spacial score (nSPS) is 19.4. The smallest absolute Gasteiger partial charge is 0.270 e. The van der Waals surface area contributed by atoms with Crippen LogP contribution in [0.2, 0.25) is 0 Å². The van der Waals surface area contributed by atoms with Crippen molar-refractivity contribution in [1.29, 1.82) is 0 Å². The molecule has 4 aromatic carbocycles. The van der Waals surface area contributed by atoms with Gasteiger partial charge in [0, 0.05) is 30.4 Å². The number of anilines is 1. The Morgan fingerprint density at radius 2 is 1.44 bits per heavy atom. The fraction of sp³-hybridized carbons (Fsp3) is 0.103. The first-order valence-electron chi connectivity index (χ1n) is 11.2. The molecule has 0 bridgehead atoms. The van der Waals surface area contributed by atoms with E-state index < -0.39 is 11.1 Å². The standard InChI is InChI=1S/C29H22N2O3/c1-30-26-15-9-8-14-25(26)29(22-10-4-2-5-11-22,23-12-6-3-7-13-23)28(30)19-18-21-20-24(31(32)33)16-17-27(21)34-28/h2-20H,1H3. The lowest BCUT2D eigenvalue weighted by Gasteiger charge is -2.49. The highest BCUT2D eigenvalue weighted by molar-refractivity contribution is 5.78. The van der Waals surface area contributed by atoms with Gasteiger partial charge in [-0.1, -0.05) is 78.9 Å². The number of para-hydroxylation sites is 1. The number of nitro benzene ring substituents is 1. The second-order valence-electron chi connectivity index (χ2n) is 8.67. The van der Waals surface area contributed by atoms with Crippen LogP contribution in [0.3, 0.4) is 0 Å². The largest absolute Gasteiger partial charge is 0.462 e. The highest BCUT2D eigenvalue weighted by Crippen LogP contribution is 2.60. The maximum Gasteiger partial charge on any atom is 0.270 e. The zero-order chi connectivity index (χ0) is 23.3. The van der Waals surface area contributed by atoms with E-state index in [0.717, 1.165) is 22.4 Å². The number of nitrogens with zero attached hydrogens (tertiary/aromatic N) is 2. The molecule has 0 amide bonds. The van der Waals surface area contributed by atoms with Crippen LogP contribution >= 0.6 is 0 Å². The topological polar surface area (TPSA) is 55.6 Å². The van der Waals surface area contributed by atoms with Gasteiger partial charge in [0.25, 0.3) is 5.69 Å². The molecule has 4 aromatic rings. The number of hydrogen-bond acceptors (Lipinski definition) is 4. The Balaban J connectivity index is 1.69. The van der Waals surface area contributed by atoms with Crippen molar-refractivity contribution in [3.05, 3.63) is 142 Å². The summed E-state index contributed by atoms with van der Waals surface area (Å²) in [5.74, 6) is 0.615. The molecule has 2 aliphatic rings. The van der Waals surface area contributed by atoms with Crippen LogP contribution in [0.25, 0.3) is 6.08 Å². The predicted octanol–water partition coefficient (Wildman–Crippen LogP) is 6.18. The Kier molecular flexibility index (Phi) is 4.36. The van der Waals surface area contributed by atoms with Gasteiger partial charge in [0.1, 0.15) is 11.2 Å². The average molecular weight is 447 g/mol. The van der Waals surface area contributed by atoms with Crippen molar-refractivity contribution >= 4 is 17.5 Å². The fourth-order valence-electron chi connectivity index (χ4n) is 5.63. The highest BCUT2D eigenvalue weighted by Gasteiger charge is 2.64. The minimum atomic E-state index is -0.928. The van der Waals surface area contributed by atoms with Crippen molar-refractivity contribution in [2.75, 3.05) is 11.9 Å². The van der Waals surface area contributed by atoms with Crippen molar-refractivity contribution in [3.8, 4) is 5.75 Å². The van der Waals surface area contributed by atoms with Crippen LogP contribution in [0.1, 0.15) is 22.3 Å². The first-order chi connectivity index (χ1) is 16.6. The summed E-state index contributed by atoms with van der Waals surface area (Å²) in [5.41, 5.74) is 3.55. The Hall–Kier alpha value is -4.38. The molecule has 0 aromatic heterocycles. The summed E-state index contributed by atoms with van der Waals surface area (Å²) in [4.78, 5) is 13.1. The van der Waals surface area contributed by atoms with E-state index in [1.165, 1.54) is 6.07 Å². The first-order valence-corrected chi connectivity index (χ1v) is 11.2. The molecule has 1 unspecified atom stereocenters. The molecule has 1 spiro atoms. The third-order valence-electron chi connectivity index (χ3n) is 7.08. The summed E-state index contributed by atoms with van der Waals surface area (Å²) in [6, 6.07) is 34.0. The summed E-state index contributed by atoms with van der Waals surface area (Å²) in [6.07, 6.45) is 4.01. The molecule has 166 valence electrons. The SMILES string of the molecule is CN1c2ccccc2C(c2ccccc2)(c2ccccc2)C12C=Cc1cc([N+](=O)[O-])ccc1O2. The van der Waals surface area contributed by atoms with E-state index >= 15 is 0 Å². The van der Waals surface area contributed by atoms with Gasteiger partial charge < -0.3 is 9.64 Å². The summed E-state index contributed by atoms with van der Waals surface area (Å²) in [6.45, 7) is 0. The van der Waals surface area contributed by atoms with E-state index in [1.54, 1.807) is 12.1 Å². The molecule has 0 saturated heterocycles. The minimum Gasteiger partial charge on any atom is -0.462 e. The van der Waals surface area contributed by atoms with E-state index in [2.05, 4.69) is 77.7 Å². The van der Waals surface area contributed by atoms with Gasteiger partial charge in [-0.05, 0) is 41.0 Å². The van der Waals surface area contributed by atoms with Gasteiger partial charge in [0.05, 0.1) is 4.92 Å². The van der Waals surface area contributed by atoms with Crippen molar-refractivity contribution < 1.29 is 9.66 Å². The van der Waals surface area contributed by atoms with Crippen molar-refractivity contribution in [1.82, 2.24) is 0 Å². The van der Waals surface area contributed by atoms with Crippen molar-refractivity contribution in [2.24, 2.45) is 0 Å². The van der Waals surface area contributed by atoms with Gasteiger partial charge >= 0.3 is 0 Å². The zero-order valence-corrected chi connectivity index (χ0v) is 18.6. The predicted molar refractivity (Wildman–Crippen MR) is 133 cm³/mol. The molecule has 5 nitrogen and oxygen atoms in total. The van der Waals surface area contributed by atoms with E-state index in [0.29, 0.717) is 11.3 Å². The van der Waals surface area contributed by atoms with Crippen molar-refractivity contribution in [2.45, 2.75) is 11.1 Å². The maximum absolute atomic E-state index is 11.3. The molecule has 0 N–H and O–H groups in total. The van der Waals surface area contributed by atoms with Crippen molar-refractivity contribution in [3.63, 3.8) is 0 Å². The number of nitro groups is 1. The Labute approximate surface area is 197 Å². The van der Waals surface area contributed by atoms with Crippen LogP contribution in [0, 0.1) is 10.1 Å². The molecule has 0 saturated carbocycles. The van der Waals surface area contributed by atoms with Gasteiger partial charge in [0.2, 0.25) is 5.72 Å². The van der Waals surface area contributed by atoms with Gasteiger partial charge in [0.15, 0.2) is 0 Å². The van der Waals surface area contributed by atoms with Gasteiger partial charge in [-0.25, -0.2) is 0 Å². The Morgan fingerprint density at radius 1 is 0.824 bits per heavy atom. The third-order valence-corrected chi connectivity index (χ3v) is 7.08. The molecular formula is C29H22N2O3. The summed E-state index contributed by atoms with van der Waals surface area (Å²) >= 11 is 0. The second-order valence-corrected chi connectivity index (χ2v) is 8.67. The monoisotopic (exact) mass is 446 g/mol. The molecule has 0 fully saturated rings. The number of ether oxygens (including phenoxy) is 1. The summed E-state index contributed by atoms with van der Waals surface area (Å²) < 4.78 is 6.95. The number of likely N-dealkylation sites (N-methyl/N-ethyl adjacent to an activating group) is 1. The number of non-ortho nitro benzene ring substituents is 1. The molecule has 34 heavy (non-hydrogen) atoms. The van der Waals surface area contributed by atoms with Gasteiger partial charge in [-0.2, -0.15) is 0 Å². The first kappa shape index (κ1) is 20.2. The van der Waals surface area contributed by atoms with E-state index in [1.807, 2.05) is 31.3 Å². The van der Waals surface area contributed by atoms with Gasteiger partial charge in [-0.3, -0.25) is 10.1 Å². The van der Waals surface area contributed by atoms with Crippen LogP contribution in [0.4, 0.5) is 11.4 Å². The number of hydrogen-bond donors (Lipinski definition) is 0. The molecule has 2 heterocycles. The van der Waals surface area contributed by atoms with E-state index in [-0.39, 0.29) is 10.6 Å². The molecule has 0 radical (unpaired) electrons. The number of fused-ring (bicyclic) bond motifs is 2. The maximum atomic E-state index is 11.3. The fourth-order valence-corrected chi connectivity index (χ4v) is 5.63. The molecular weight excluding hydrogens is 424 g/mol. The van der Waals surface area contributed by atoms with E-state index in [9.17, 15) is 10.1 Å². The van der Waals surface area contributed by atoms with E-state index in [4.69, 9.17) is 4.74 Å². The highest BCUT2D eigenvalue weighted by atomic mass is 16.6. The van der Waals surface area contributed by atoms with Crippen LogP contribution in [0.5, 0.6) is 5.75 Å². The van der Waals surface area contributed by atoms with Crippen LogP contribution < -0.4 is 9.64 Å². The Bertz CT molecular complexity index is 1390. The quantitative estimate of drug-likeness (QED) is 0.278. The van der Waals surface area contributed by atoms with Gasteiger partial charge in [-0.15, -0.1) is 0 Å². The Morgan fingerprint density at radius 3 is 2.09 bits per heavy atom. The number of rotatable bonds is 3. The summed E-state index contributed by atoms with van der Waals surface area (Å²) in [5, 5.41) is 11.3.